The van der Waals surface area contributed by atoms with Crippen molar-refractivity contribution in [2.45, 2.75) is 19.3 Å². The molecule has 4 nitrogen and oxygen atoms in total. The monoisotopic (exact) mass is 333 g/mol. The highest BCUT2D eigenvalue weighted by molar-refractivity contribution is 7.09. The van der Waals surface area contributed by atoms with Crippen LogP contribution in [0.3, 0.4) is 0 Å². The van der Waals surface area contributed by atoms with E-state index in [1.165, 1.54) is 23.5 Å². The van der Waals surface area contributed by atoms with Gasteiger partial charge in [0.05, 0.1) is 5.01 Å². The molecule has 0 saturated carbocycles. The Morgan fingerprint density at radius 1 is 1.39 bits per heavy atom. The van der Waals surface area contributed by atoms with Gasteiger partial charge in [-0.05, 0) is 43.0 Å². The van der Waals surface area contributed by atoms with E-state index < -0.39 is 0 Å². The van der Waals surface area contributed by atoms with Crippen LogP contribution >= 0.6 is 11.3 Å². The number of thiazole rings is 1. The van der Waals surface area contributed by atoms with Crippen molar-refractivity contribution in [3.05, 3.63) is 51.7 Å². The van der Waals surface area contributed by atoms with Gasteiger partial charge >= 0.3 is 0 Å². The zero-order valence-corrected chi connectivity index (χ0v) is 13.7. The lowest BCUT2D eigenvalue weighted by atomic mass is 9.99. The minimum Gasteiger partial charge on any atom is -0.337 e. The number of amides is 1. The van der Waals surface area contributed by atoms with Crippen molar-refractivity contribution >= 4 is 17.2 Å². The summed E-state index contributed by atoms with van der Waals surface area (Å²) < 4.78 is 12.9. The number of benzene rings is 1. The van der Waals surface area contributed by atoms with Gasteiger partial charge in [-0.25, -0.2) is 9.37 Å². The molecule has 23 heavy (non-hydrogen) atoms. The van der Waals surface area contributed by atoms with Crippen LogP contribution in [0.5, 0.6) is 0 Å². The first-order valence-corrected chi connectivity index (χ1v) is 8.72. The van der Waals surface area contributed by atoms with Gasteiger partial charge in [0.2, 0.25) is 0 Å². The van der Waals surface area contributed by atoms with Gasteiger partial charge in [-0.3, -0.25) is 4.79 Å². The van der Waals surface area contributed by atoms with Crippen LogP contribution in [0.1, 0.15) is 27.5 Å². The third kappa shape index (κ3) is 3.95. The van der Waals surface area contributed by atoms with Crippen LogP contribution < -0.4 is 5.73 Å². The van der Waals surface area contributed by atoms with E-state index in [2.05, 4.69) is 4.98 Å². The first kappa shape index (κ1) is 16.1. The van der Waals surface area contributed by atoms with E-state index in [-0.39, 0.29) is 11.7 Å². The summed E-state index contributed by atoms with van der Waals surface area (Å²) in [4.78, 5) is 18.7. The second-order valence-corrected chi connectivity index (χ2v) is 6.84. The van der Waals surface area contributed by atoms with Crippen molar-refractivity contribution < 1.29 is 9.18 Å². The highest BCUT2D eigenvalue weighted by Crippen LogP contribution is 2.23. The number of halogens is 1. The van der Waals surface area contributed by atoms with E-state index in [4.69, 9.17) is 5.73 Å². The molecule has 1 amide bonds. The van der Waals surface area contributed by atoms with Gasteiger partial charge in [0, 0.05) is 24.9 Å². The van der Waals surface area contributed by atoms with Crippen LogP contribution in [-0.2, 0) is 12.8 Å². The molecule has 1 unspecified atom stereocenters. The number of hydrogen-bond donors (Lipinski definition) is 1. The molecule has 1 aliphatic heterocycles. The Hall–Kier alpha value is -1.79. The summed E-state index contributed by atoms with van der Waals surface area (Å²) >= 11 is 1.49. The van der Waals surface area contributed by atoms with Crippen molar-refractivity contribution in [1.29, 1.82) is 0 Å². The number of nitrogens with zero attached hydrogens (tertiary/aromatic N) is 2. The Labute approximate surface area is 139 Å². The molecule has 0 radical (unpaired) electrons. The summed E-state index contributed by atoms with van der Waals surface area (Å²) in [7, 11) is 0. The molecule has 0 aliphatic carbocycles. The maximum absolute atomic E-state index is 12.9. The Bertz CT molecular complexity index is 671. The van der Waals surface area contributed by atoms with Gasteiger partial charge in [-0.2, -0.15) is 0 Å². The van der Waals surface area contributed by atoms with E-state index in [1.54, 1.807) is 0 Å². The highest BCUT2D eigenvalue weighted by Gasteiger charge is 2.28. The number of hydrogen-bond acceptors (Lipinski definition) is 4. The molecule has 2 heterocycles. The summed E-state index contributed by atoms with van der Waals surface area (Å²) in [6.07, 6.45) is 2.56. The van der Waals surface area contributed by atoms with E-state index in [9.17, 15) is 9.18 Å². The maximum Gasteiger partial charge on any atom is 0.273 e. The fourth-order valence-corrected chi connectivity index (χ4v) is 3.73. The first-order valence-electron chi connectivity index (χ1n) is 7.84. The molecule has 1 saturated heterocycles. The number of carbonyl (C=O) groups excluding carboxylic acids is 1. The molecule has 1 atom stereocenters. The molecule has 1 aromatic heterocycles. The van der Waals surface area contributed by atoms with Gasteiger partial charge in [0.15, 0.2) is 0 Å². The van der Waals surface area contributed by atoms with E-state index >= 15 is 0 Å². The molecule has 1 aliphatic rings. The van der Waals surface area contributed by atoms with Crippen molar-refractivity contribution in [1.82, 2.24) is 9.88 Å². The molecular formula is C17H20FN3OS. The van der Waals surface area contributed by atoms with Gasteiger partial charge in [0.25, 0.3) is 5.91 Å². The largest absolute Gasteiger partial charge is 0.337 e. The second-order valence-electron chi connectivity index (χ2n) is 5.90. The summed E-state index contributed by atoms with van der Waals surface area (Å²) in [6.45, 7) is 2.04. The zero-order valence-electron chi connectivity index (χ0n) is 12.9. The lowest BCUT2D eigenvalue weighted by Crippen LogP contribution is -2.29. The standard InChI is InChI=1S/C17H20FN3OS/c18-14-3-1-12(2-4-14)9-13-6-8-21(10-13)17(22)15-11-23-16(20-15)5-7-19/h1-4,11,13H,5-10,19H2. The lowest BCUT2D eigenvalue weighted by molar-refractivity contribution is 0.0782. The molecular weight excluding hydrogens is 313 g/mol. The Kier molecular flexibility index (Phi) is 5.03. The molecule has 0 bridgehead atoms. The molecule has 6 heteroatoms. The molecule has 2 aromatic rings. The summed E-state index contributed by atoms with van der Waals surface area (Å²) in [5.41, 5.74) is 7.16. The topological polar surface area (TPSA) is 59.2 Å². The van der Waals surface area contributed by atoms with Crippen LogP contribution in [0, 0.1) is 11.7 Å². The van der Waals surface area contributed by atoms with Gasteiger partial charge in [0.1, 0.15) is 11.5 Å². The normalized spacial score (nSPS) is 17.7. The number of carbonyl (C=O) groups is 1. The molecule has 2 N–H and O–H groups in total. The molecule has 0 spiro atoms. The smallest absolute Gasteiger partial charge is 0.273 e. The van der Waals surface area contributed by atoms with E-state index in [0.29, 0.717) is 24.6 Å². The lowest BCUT2D eigenvalue weighted by Gasteiger charge is -2.15. The predicted molar refractivity (Wildman–Crippen MR) is 89.0 cm³/mol. The van der Waals surface area contributed by atoms with E-state index in [1.807, 2.05) is 22.4 Å². The van der Waals surface area contributed by atoms with Gasteiger partial charge < -0.3 is 10.6 Å². The number of aromatic nitrogens is 1. The van der Waals surface area contributed by atoms with Crippen LogP contribution in [0.4, 0.5) is 4.39 Å². The Balaban J connectivity index is 1.58. The SMILES string of the molecule is NCCc1nc(C(=O)N2CCC(Cc3ccc(F)cc3)C2)cs1. The highest BCUT2D eigenvalue weighted by atomic mass is 32.1. The van der Waals surface area contributed by atoms with Crippen molar-refractivity contribution in [3.8, 4) is 0 Å². The number of rotatable bonds is 5. The summed E-state index contributed by atoms with van der Waals surface area (Å²) in [5.74, 6) is 0.214. The van der Waals surface area contributed by atoms with E-state index in [0.717, 1.165) is 36.5 Å². The third-order valence-corrected chi connectivity index (χ3v) is 5.05. The average Bonchev–Trinajstić information content (AvgIpc) is 3.19. The fourth-order valence-electron chi connectivity index (χ4n) is 2.95. The zero-order chi connectivity index (χ0) is 16.2. The average molecular weight is 333 g/mol. The third-order valence-electron chi connectivity index (χ3n) is 4.14. The Morgan fingerprint density at radius 3 is 2.91 bits per heavy atom. The molecule has 3 rings (SSSR count). The van der Waals surface area contributed by atoms with Crippen molar-refractivity contribution in [2.75, 3.05) is 19.6 Å². The quantitative estimate of drug-likeness (QED) is 0.914. The number of likely N-dealkylation sites (tertiary alicyclic amines) is 1. The van der Waals surface area contributed by atoms with Crippen LogP contribution in [0.2, 0.25) is 0 Å². The minimum absolute atomic E-state index is 0.00567. The fraction of sp³-hybridized carbons (Fsp3) is 0.412. The maximum atomic E-state index is 12.9. The van der Waals surface area contributed by atoms with Crippen molar-refractivity contribution in [3.63, 3.8) is 0 Å². The Morgan fingerprint density at radius 2 is 2.17 bits per heavy atom. The van der Waals surface area contributed by atoms with Crippen LogP contribution in [0.15, 0.2) is 29.6 Å². The number of nitrogens with two attached hydrogens (primary N) is 1. The van der Waals surface area contributed by atoms with Crippen LogP contribution in [-0.4, -0.2) is 35.4 Å². The molecule has 1 fully saturated rings. The molecule has 122 valence electrons. The molecule has 1 aromatic carbocycles. The second kappa shape index (κ2) is 7.19. The predicted octanol–water partition coefficient (Wildman–Crippen LogP) is 2.49. The van der Waals surface area contributed by atoms with Crippen molar-refractivity contribution in [2.24, 2.45) is 11.7 Å². The summed E-state index contributed by atoms with van der Waals surface area (Å²) in [5, 5.41) is 2.73. The minimum atomic E-state index is -0.214. The first-order chi connectivity index (χ1) is 11.2. The van der Waals surface area contributed by atoms with Gasteiger partial charge in [-0.1, -0.05) is 12.1 Å². The van der Waals surface area contributed by atoms with Crippen LogP contribution in [0.25, 0.3) is 0 Å². The van der Waals surface area contributed by atoms with Gasteiger partial charge in [-0.15, -0.1) is 11.3 Å². The summed E-state index contributed by atoms with van der Waals surface area (Å²) in [6, 6.07) is 6.61.